The van der Waals surface area contributed by atoms with Crippen LogP contribution in [-0.4, -0.2) is 38.6 Å². The number of aromatic nitrogens is 3. The molecule has 4 nitrogen and oxygen atoms in total. The van der Waals surface area contributed by atoms with Gasteiger partial charge in [0, 0.05) is 18.8 Å². The first kappa shape index (κ1) is 13.8. The van der Waals surface area contributed by atoms with Gasteiger partial charge in [-0.2, -0.15) is 0 Å². The Bertz CT molecular complexity index is 651. The average Bonchev–Trinajstić information content (AvgIpc) is 2.78. The molecule has 0 saturated carbocycles. The van der Waals surface area contributed by atoms with Crippen molar-refractivity contribution < 1.29 is 0 Å². The first-order valence-corrected chi connectivity index (χ1v) is 7.86. The molecular formula is C15H22N4S. The number of hydrogen-bond donors (Lipinski definition) is 1. The van der Waals surface area contributed by atoms with E-state index in [1.54, 1.807) is 0 Å². The van der Waals surface area contributed by atoms with Gasteiger partial charge in [0.15, 0.2) is 10.4 Å². The Morgan fingerprint density at radius 2 is 2.10 bits per heavy atom. The molecule has 0 amide bonds. The van der Waals surface area contributed by atoms with E-state index >= 15 is 0 Å². The van der Waals surface area contributed by atoms with Crippen molar-refractivity contribution in [1.29, 1.82) is 0 Å². The number of aryl methyl sites for hydroxylation is 1. The van der Waals surface area contributed by atoms with E-state index in [0.29, 0.717) is 6.04 Å². The van der Waals surface area contributed by atoms with E-state index in [1.807, 2.05) is 12.3 Å². The van der Waals surface area contributed by atoms with Gasteiger partial charge in [-0.25, -0.2) is 4.98 Å². The van der Waals surface area contributed by atoms with Crippen LogP contribution in [0.15, 0.2) is 12.3 Å². The largest absolute Gasteiger partial charge is 0.329 e. The Morgan fingerprint density at radius 1 is 1.35 bits per heavy atom. The highest BCUT2D eigenvalue weighted by Gasteiger charge is 2.18. The highest BCUT2D eigenvalue weighted by atomic mass is 32.1. The predicted octanol–water partition coefficient (Wildman–Crippen LogP) is 3.28. The maximum atomic E-state index is 5.48. The zero-order chi connectivity index (χ0) is 14.1. The molecule has 1 N–H and O–H groups in total. The van der Waals surface area contributed by atoms with Crippen LogP contribution in [0.5, 0.6) is 0 Å². The van der Waals surface area contributed by atoms with Crippen LogP contribution in [0.3, 0.4) is 0 Å². The summed E-state index contributed by atoms with van der Waals surface area (Å²) in [5.41, 5.74) is 3.26. The standard InChI is InChI=1S/C15H22N4S/c1-11-6-7-16-14-13(11)17-15(20)19(14)10-12(2)18-8-4-3-5-9-18/h6-7,12H,3-5,8-10H2,1-2H3,(H,17,20). The lowest BCUT2D eigenvalue weighted by atomic mass is 10.1. The molecule has 1 saturated heterocycles. The lowest BCUT2D eigenvalue weighted by Gasteiger charge is -2.32. The molecular weight excluding hydrogens is 268 g/mol. The number of rotatable bonds is 3. The van der Waals surface area contributed by atoms with Crippen molar-refractivity contribution in [3.63, 3.8) is 0 Å². The number of nitrogens with zero attached hydrogens (tertiary/aromatic N) is 3. The Morgan fingerprint density at radius 3 is 2.85 bits per heavy atom. The number of fused-ring (bicyclic) bond motifs is 1. The van der Waals surface area contributed by atoms with Gasteiger partial charge in [-0.1, -0.05) is 6.42 Å². The van der Waals surface area contributed by atoms with Crippen molar-refractivity contribution in [2.45, 2.75) is 45.7 Å². The number of likely N-dealkylation sites (tertiary alicyclic amines) is 1. The fraction of sp³-hybridized carbons (Fsp3) is 0.600. The van der Waals surface area contributed by atoms with Crippen molar-refractivity contribution in [3.8, 4) is 0 Å². The highest BCUT2D eigenvalue weighted by molar-refractivity contribution is 7.71. The summed E-state index contributed by atoms with van der Waals surface area (Å²) in [5.74, 6) is 0. The molecule has 20 heavy (non-hydrogen) atoms. The molecule has 0 radical (unpaired) electrons. The van der Waals surface area contributed by atoms with Crippen LogP contribution in [0.25, 0.3) is 11.2 Å². The Balaban J connectivity index is 1.88. The van der Waals surface area contributed by atoms with Crippen LogP contribution in [0.2, 0.25) is 0 Å². The van der Waals surface area contributed by atoms with Gasteiger partial charge in [0.25, 0.3) is 0 Å². The summed E-state index contributed by atoms with van der Waals surface area (Å²) in [5, 5.41) is 0. The van der Waals surface area contributed by atoms with Crippen molar-refractivity contribution in [3.05, 3.63) is 22.6 Å². The number of hydrogen-bond acceptors (Lipinski definition) is 3. The van der Waals surface area contributed by atoms with Gasteiger partial charge in [-0.15, -0.1) is 0 Å². The molecule has 5 heteroatoms. The molecule has 2 aromatic rings. The minimum absolute atomic E-state index is 0.503. The third-order valence-corrected chi connectivity index (χ3v) is 4.66. The number of H-pyrrole nitrogens is 1. The van der Waals surface area contributed by atoms with Gasteiger partial charge < -0.3 is 4.98 Å². The molecule has 2 aromatic heterocycles. The quantitative estimate of drug-likeness (QED) is 0.881. The molecule has 1 atom stereocenters. The second-order valence-corrected chi connectivity index (χ2v) is 6.20. The fourth-order valence-corrected chi connectivity index (χ4v) is 3.34. The van der Waals surface area contributed by atoms with E-state index in [9.17, 15) is 0 Å². The maximum absolute atomic E-state index is 5.48. The Kier molecular flexibility index (Phi) is 3.89. The van der Waals surface area contributed by atoms with Gasteiger partial charge in [-0.05, 0) is 63.6 Å². The SMILES string of the molecule is Cc1ccnc2c1[nH]c(=S)n2CC(C)N1CCCCC1. The minimum atomic E-state index is 0.503. The van der Waals surface area contributed by atoms with Crippen LogP contribution in [-0.2, 0) is 6.54 Å². The highest BCUT2D eigenvalue weighted by Crippen LogP contribution is 2.18. The third-order valence-electron chi connectivity index (χ3n) is 4.33. The lowest BCUT2D eigenvalue weighted by molar-refractivity contribution is 0.160. The number of aromatic amines is 1. The van der Waals surface area contributed by atoms with Crippen molar-refractivity contribution in [2.24, 2.45) is 0 Å². The molecule has 1 fully saturated rings. The second kappa shape index (κ2) is 5.66. The van der Waals surface area contributed by atoms with Crippen LogP contribution < -0.4 is 0 Å². The summed E-state index contributed by atoms with van der Waals surface area (Å²) in [6.07, 6.45) is 5.88. The van der Waals surface area contributed by atoms with E-state index in [2.05, 4.69) is 33.3 Å². The summed E-state index contributed by atoms with van der Waals surface area (Å²) < 4.78 is 2.93. The first-order chi connectivity index (χ1) is 9.66. The predicted molar refractivity (Wildman–Crippen MR) is 84.5 cm³/mol. The molecule has 0 bridgehead atoms. The van der Waals surface area contributed by atoms with Crippen LogP contribution in [0.4, 0.5) is 0 Å². The molecule has 108 valence electrons. The third kappa shape index (κ3) is 2.52. The summed E-state index contributed by atoms with van der Waals surface area (Å²) in [6.45, 7) is 7.72. The normalized spacial score (nSPS) is 18.5. The van der Waals surface area contributed by atoms with E-state index in [0.717, 1.165) is 22.5 Å². The van der Waals surface area contributed by atoms with E-state index in [-0.39, 0.29) is 0 Å². The maximum Gasteiger partial charge on any atom is 0.179 e. The summed E-state index contributed by atoms with van der Waals surface area (Å²) in [6, 6.07) is 2.52. The first-order valence-electron chi connectivity index (χ1n) is 7.45. The topological polar surface area (TPSA) is 36.9 Å². The number of nitrogens with one attached hydrogen (secondary N) is 1. The minimum Gasteiger partial charge on any atom is -0.329 e. The lowest BCUT2D eigenvalue weighted by Crippen LogP contribution is -2.39. The Hall–Kier alpha value is -1.20. The zero-order valence-corrected chi connectivity index (χ0v) is 13.0. The van der Waals surface area contributed by atoms with Gasteiger partial charge in [-0.3, -0.25) is 9.47 Å². The van der Waals surface area contributed by atoms with E-state index < -0.39 is 0 Å². The van der Waals surface area contributed by atoms with Crippen molar-refractivity contribution in [2.75, 3.05) is 13.1 Å². The number of piperidine rings is 1. The van der Waals surface area contributed by atoms with Crippen LogP contribution in [0, 0.1) is 11.7 Å². The van der Waals surface area contributed by atoms with Gasteiger partial charge >= 0.3 is 0 Å². The summed E-state index contributed by atoms with van der Waals surface area (Å²) in [7, 11) is 0. The second-order valence-electron chi connectivity index (χ2n) is 5.81. The summed E-state index contributed by atoms with van der Waals surface area (Å²) >= 11 is 5.48. The van der Waals surface area contributed by atoms with Crippen LogP contribution >= 0.6 is 12.2 Å². The van der Waals surface area contributed by atoms with Crippen molar-refractivity contribution in [1.82, 2.24) is 19.4 Å². The van der Waals surface area contributed by atoms with Gasteiger partial charge in [0.1, 0.15) is 0 Å². The van der Waals surface area contributed by atoms with Crippen molar-refractivity contribution >= 4 is 23.4 Å². The van der Waals surface area contributed by atoms with Crippen LogP contribution in [0.1, 0.15) is 31.7 Å². The van der Waals surface area contributed by atoms with E-state index in [4.69, 9.17) is 12.2 Å². The molecule has 3 heterocycles. The summed E-state index contributed by atoms with van der Waals surface area (Å²) in [4.78, 5) is 10.4. The molecule has 0 aromatic carbocycles. The molecule has 1 aliphatic rings. The smallest absolute Gasteiger partial charge is 0.179 e. The average molecular weight is 290 g/mol. The number of imidazole rings is 1. The molecule has 0 spiro atoms. The van der Waals surface area contributed by atoms with Gasteiger partial charge in [0.2, 0.25) is 0 Å². The monoisotopic (exact) mass is 290 g/mol. The zero-order valence-electron chi connectivity index (χ0n) is 12.2. The van der Waals surface area contributed by atoms with Gasteiger partial charge in [0.05, 0.1) is 5.52 Å². The molecule has 0 aliphatic carbocycles. The number of pyridine rings is 1. The molecule has 1 aliphatic heterocycles. The molecule has 1 unspecified atom stereocenters. The fourth-order valence-electron chi connectivity index (χ4n) is 3.08. The Labute approximate surface area is 124 Å². The molecule has 3 rings (SSSR count). The van der Waals surface area contributed by atoms with E-state index in [1.165, 1.54) is 37.9 Å².